The Hall–Kier alpha value is -1.77. The van der Waals surface area contributed by atoms with Gasteiger partial charge in [-0.1, -0.05) is 48.5 Å². The molecular formula is C22H25NO5S. The van der Waals surface area contributed by atoms with Gasteiger partial charge in [-0.25, -0.2) is 8.42 Å². The highest BCUT2D eigenvalue weighted by molar-refractivity contribution is 7.92. The molecule has 3 heterocycles. The highest BCUT2D eigenvalue weighted by Crippen LogP contribution is 2.46. The second-order valence-electron chi connectivity index (χ2n) is 8.33. The zero-order valence-electron chi connectivity index (χ0n) is 16.5. The molecule has 0 aliphatic carbocycles. The van der Waals surface area contributed by atoms with Crippen LogP contribution in [0, 0.1) is 0 Å². The molecule has 154 valence electrons. The van der Waals surface area contributed by atoms with E-state index in [-0.39, 0.29) is 31.1 Å². The molecule has 3 fully saturated rings. The smallest absolute Gasteiger partial charge is 0.185 e. The van der Waals surface area contributed by atoms with Gasteiger partial charge in [-0.05, 0) is 31.5 Å². The Balaban J connectivity index is 1.54. The number of benzene rings is 2. The molecule has 0 spiro atoms. The highest BCUT2D eigenvalue weighted by Gasteiger charge is 2.64. The lowest BCUT2D eigenvalue weighted by Crippen LogP contribution is -2.57. The number of rotatable bonds is 4. The van der Waals surface area contributed by atoms with Crippen molar-refractivity contribution in [1.29, 1.82) is 0 Å². The fourth-order valence-corrected chi connectivity index (χ4v) is 6.63. The summed E-state index contributed by atoms with van der Waals surface area (Å²) in [6.45, 7) is 4.45. The molecule has 5 rings (SSSR count). The Morgan fingerprint density at radius 2 is 1.59 bits per heavy atom. The SMILES string of the molecule is CC1(C)O[C@@H]2[C@H](O1)[C@H]1OC[C@H](S(=O)(=O)c3ccccc3)[C@@H]2N1Cc1ccccc1. The molecule has 3 aliphatic rings. The van der Waals surface area contributed by atoms with Gasteiger partial charge in [0.15, 0.2) is 15.6 Å². The van der Waals surface area contributed by atoms with Crippen molar-refractivity contribution in [3.05, 3.63) is 66.2 Å². The second kappa shape index (κ2) is 6.89. The summed E-state index contributed by atoms with van der Waals surface area (Å²) < 4.78 is 45.5. The average molecular weight is 416 g/mol. The van der Waals surface area contributed by atoms with Crippen LogP contribution in [0.4, 0.5) is 0 Å². The van der Waals surface area contributed by atoms with Crippen LogP contribution in [0.5, 0.6) is 0 Å². The van der Waals surface area contributed by atoms with E-state index in [4.69, 9.17) is 14.2 Å². The maximum atomic E-state index is 13.5. The molecule has 0 unspecified atom stereocenters. The minimum absolute atomic E-state index is 0.137. The lowest BCUT2D eigenvalue weighted by molar-refractivity contribution is -0.210. The van der Waals surface area contributed by atoms with E-state index in [1.54, 1.807) is 24.3 Å². The number of ether oxygens (including phenoxy) is 3. The molecule has 29 heavy (non-hydrogen) atoms. The molecule has 0 radical (unpaired) electrons. The van der Waals surface area contributed by atoms with Crippen molar-refractivity contribution >= 4 is 9.84 Å². The monoisotopic (exact) mass is 415 g/mol. The quantitative estimate of drug-likeness (QED) is 0.765. The molecule has 2 aromatic carbocycles. The Kier molecular flexibility index (Phi) is 4.56. The summed E-state index contributed by atoms with van der Waals surface area (Å²) in [4.78, 5) is 2.42. The normalized spacial score (nSPS) is 33.5. The molecule has 0 saturated carbocycles. The van der Waals surface area contributed by atoms with Crippen molar-refractivity contribution in [2.75, 3.05) is 6.61 Å². The first-order valence-corrected chi connectivity index (χ1v) is 11.5. The number of sulfone groups is 1. The van der Waals surface area contributed by atoms with E-state index in [0.717, 1.165) is 5.56 Å². The Morgan fingerprint density at radius 1 is 0.966 bits per heavy atom. The van der Waals surface area contributed by atoms with E-state index in [0.29, 0.717) is 11.4 Å². The first-order valence-electron chi connectivity index (χ1n) is 9.93. The summed E-state index contributed by atoms with van der Waals surface area (Å²) in [6, 6.07) is 18.3. The van der Waals surface area contributed by atoms with Crippen molar-refractivity contribution < 1.29 is 22.6 Å². The predicted octanol–water partition coefficient (Wildman–Crippen LogP) is 2.59. The average Bonchev–Trinajstić information content (AvgIpc) is 3.10. The van der Waals surface area contributed by atoms with Gasteiger partial charge in [-0.2, -0.15) is 0 Å². The topological polar surface area (TPSA) is 65.1 Å². The molecular weight excluding hydrogens is 390 g/mol. The maximum Gasteiger partial charge on any atom is 0.185 e. The summed E-state index contributed by atoms with van der Waals surface area (Å²) in [5.74, 6) is -0.758. The molecule has 5 atom stereocenters. The highest BCUT2D eigenvalue weighted by atomic mass is 32.2. The van der Waals surface area contributed by atoms with E-state index in [1.165, 1.54) is 0 Å². The summed E-state index contributed by atoms with van der Waals surface area (Å²) in [7, 11) is -3.60. The van der Waals surface area contributed by atoms with Gasteiger partial charge >= 0.3 is 0 Å². The fraction of sp³-hybridized carbons (Fsp3) is 0.455. The van der Waals surface area contributed by atoms with Gasteiger partial charge in [0.25, 0.3) is 0 Å². The van der Waals surface area contributed by atoms with E-state index < -0.39 is 20.9 Å². The Labute approximate surface area is 171 Å². The minimum atomic E-state index is -3.60. The van der Waals surface area contributed by atoms with Crippen LogP contribution in [0.15, 0.2) is 65.6 Å². The third-order valence-electron chi connectivity index (χ3n) is 5.98. The van der Waals surface area contributed by atoms with Gasteiger partial charge in [0, 0.05) is 6.54 Å². The van der Waals surface area contributed by atoms with Crippen LogP contribution in [0.2, 0.25) is 0 Å². The lowest BCUT2D eigenvalue weighted by atomic mass is 10.1. The summed E-state index contributed by atoms with van der Waals surface area (Å²) in [6.07, 6.45) is -0.992. The van der Waals surface area contributed by atoms with E-state index in [1.807, 2.05) is 50.2 Å². The summed E-state index contributed by atoms with van der Waals surface area (Å²) in [5, 5.41) is -0.725. The number of fused-ring (bicyclic) bond motifs is 5. The van der Waals surface area contributed by atoms with Gasteiger partial charge in [-0.15, -0.1) is 0 Å². The second-order valence-corrected chi connectivity index (χ2v) is 10.5. The molecule has 0 aromatic heterocycles. The molecule has 0 N–H and O–H groups in total. The van der Waals surface area contributed by atoms with Crippen molar-refractivity contribution in [3.63, 3.8) is 0 Å². The molecule has 2 aromatic rings. The first-order chi connectivity index (χ1) is 13.9. The molecule has 3 saturated heterocycles. The van der Waals surface area contributed by atoms with Gasteiger partial charge in [0.2, 0.25) is 0 Å². The van der Waals surface area contributed by atoms with Crippen molar-refractivity contribution in [2.45, 2.75) is 60.8 Å². The molecule has 0 amide bonds. The molecule has 3 aliphatic heterocycles. The van der Waals surface area contributed by atoms with E-state index in [2.05, 4.69) is 4.90 Å². The van der Waals surface area contributed by atoms with Crippen molar-refractivity contribution in [3.8, 4) is 0 Å². The van der Waals surface area contributed by atoms with Gasteiger partial charge in [0.05, 0.1) is 17.5 Å². The molecule has 6 nitrogen and oxygen atoms in total. The maximum absolute atomic E-state index is 13.5. The lowest BCUT2D eigenvalue weighted by Gasteiger charge is -2.41. The van der Waals surface area contributed by atoms with Crippen molar-refractivity contribution in [2.24, 2.45) is 0 Å². The summed E-state index contributed by atoms with van der Waals surface area (Å²) in [5.41, 5.74) is 1.10. The van der Waals surface area contributed by atoms with E-state index in [9.17, 15) is 8.42 Å². The van der Waals surface area contributed by atoms with Crippen LogP contribution in [-0.4, -0.2) is 55.4 Å². The number of hydrogen-bond acceptors (Lipinski definition) is 6. The van der Waals surface area contributed by atoms with Gasteiger partial charge in [0.1, 0.15) is 23.7 Å². The van der Waals surface area contributed by atoms with Crippen LogP contribution >= 0.6 is 0 Å². The summed E-state index contributed by atoms with van der Waals surface area (Å²) >= 11 is 0. The first kappa shape index (κ1) is 19.2. The predicted molar refractivity (Wildman–Crippen MR) is 107 cm³/mol. The van der Waals surface area contributed by atoms with Gasteiger partial charge < -0.3 is 14.2 Å². The number of nitrogens with zero attached hydrogens (tertiary/aromatic N) is 1. The van der Waals surface area contributed by atoms with Crippen LogP contribution in [0.1, 0.15) is 19.4 Å². The molecule has 7 heteroatoms. The van der Waals surface area contributed by atoms with Crippen molar-refractivity contribution in [1.82, 2.24) is 4.90 Å². The molecule has 2 bridgehead atoms. The zero-order valence-corrected chi connectivity index (χ0v) is 17.3. The third kappa shape index (κ3) is 3.21. The Morgan fingerprint density at radius 3 is 2.28 bits per heavy atom. The number of hydrogen-bond donors (Lipinski definition) is 0. The Bertz CT molecular complexity index is 979. The van der Waals surface area contributed by atoms with E-state index >= 15 is 0 Å². The van der Waals surface area contributed by atoms with Crippen LogP contribution < -0.4 is 0 Å². The van der Waals surface area contributed by atoms with Crippen LogP contribution in [0.3, 0.4) is 0 Å². The largest absolute Gasteiger partial charge is 0.359 e. The minimum Gasteiger partial charge on any atom is -0.359 e. The fourth-order valence-electron chi connectivity index (χ4n) is 4.80. The standard InChI is InChI=1S/C22H25NO5S/c1-22(2)27-19-18-17(29(24,25)16-11-7-4-8-12-16)14-26-21(20(19)28-22)23(18)13-15-9-5-3-6-10-15/h3-12,17-21H,13-14H2,1-2H3/t17-,18-,19-,20-,21+/m0/s1. The van der Waals surface area contributed by atoms with Crippen LogP contribution in [-0.2, 0) is 30.6 Å². The van der Waals surface area contributed by atoms with Crippen LogP contribution in [0.25, 0.3) is 0 Å². The third-order valence-corrected chi connectivity index (χ3v) is 8.12. The zero-order chi connectivity index (χ0) is 20.2. The van der Waals surface area contributed by atoms with Gasteiger partial charge in [-0.3, -0.25) is 4.90 Å².